The van der Waals surface area contributed by atoms with Crippen LogP contribution in [0, 0.1) is 6.92 Å². The number of pyridine rings is 1. The van der Waals surface area contributed by atoms with E-state index in [0.717, 1.165) is 5.69 Å². The molecule has 122 valence electrons. The van der Waals surface area contributed by atoms with Gasteiger partial charge < -0.3 is 15.2 Å². The van der Waals surface area contributed by atoms with Crippen LogP contribution >= 0.6 is 0 Å². The number of methoxy groups -OCH3 is 1. The van der Waals surface area contributed by atoms with E-state index in [1.807, 2.05) is 0 Å². The van der Waals surface area contributed by atoms with Crippen LogP contribution < -0.4 is 10.1 Å². The Hall–Kier alpha value is -2.90. The standard InChI is InChI=1S/C15H18N4O4/c1-9-5-6-11(13(17-9)23-4)12(20)18-10-7-16-19(8-10)15(2,3)14(21)22/h5-8H,1-4H3,(H,18,20)(H,21,22). The van der Waals surface area contributed by atoms with Crippen molar-refractivity contribution in [3.8, 4) is 5.88 Å². The molecular weight excluding hydrogens is 300 g/mol. The van der Waals surface area contributed by atoms with Gasteiger partial charge in [0.15, 0.2) is 5.54 Å². The van der Waals surface area contributed by atoms with E-state index in [4.69, 9.17) is 4.74 Å². The fraction of sp³-hybridized carbons (Fsp3) is 0.333. The molecule has 0 bridgehead atoms. The van der Waals surface area contributed by atoms with Gasteiger partial charge >= 0.3 is 5.97 Å². The average Bonchev–Trinajstić information content (AvgIpc) is 2.95. The Morgan fingerprint density at radius 2 is 2.04 bits per heavy atom. The maximum Gasteiger partial charge on any atom is 0.331 e. The summed E-state index contributed by atoms with van der Waals surface area (Å²) >= 11 is 0. The summed E-state index contributed by atoms with van der Waals surface area (Å²) in [5, 5.41) is 15.8. The van der Waals surface area contributed by atoms with E-state index >= 15 is 0 Å². The minimum atomic E-state index is -1.22. The Bertz CT molecular complexity index is 752. The lowest BCUT2D eigenvalue weighted by Gasteiger charge is -2.19. The first kappa shape index (κ1) is 16.5. The molecule has 0 aliphatic carbocycles. The number of aryl methyl sites for hydroxylation is 1. The zero-order valence-corrected chi connectivity index (χ0v) is 13.3. The molecule has 0 atom stereocenters. The predicted molar refractivity (Wildman–Crippen MR) is 82.7 cm³/mol. The molecule has 23 heavy (non-hydrogen) atoms. The molecule has 2 rings (SSSR count). The lowest BCUT2D eigenvalue weighted by atomic mass is 10.1. The maximum absolute atomic E-state index is 12.3. The Kier molecular flexibility index (Phi) is 4.35. The third-order valence-corrected chi connectivity index (χ3v) is 3.37. The van der Waals surface area contributed by atoms with Crippen LogP contribution in [0.3, 0.4) is 0 Å². The molecule has 2 N–H and O–H groups in total. The summed E-state index contributed by atoms with van der Waals surface area (Å²) in [6.07, 6.45) is 2.84. The van der Waals surface area contributed by atoms with Crippen molar-refractivity contribution < 1.29 is 19.4 Å². The Balaban J connectivity index is 2.22. The summed E-state index contributed by atoms with van der Waals surface area (Å²) in [5.41, 5.74) is 0.177. The smallest absolute Gasteiger partial charge is 0.331 e. The van der Waals surface area contributed by atoms with Crippen LogP contribution in [0.1, 0.15) is 29.9 Å². The number of aliphatic carboxylic acids is 1. The third kappa shape index (κ3) is 3.31. The third-order valence-electron chi connectivity index (χ3n) is 3.37. The SMILES string of the molecule is COc1nc(C)ccc1C(=O)Nc1cnn(C(C)(C)C(=O)O)c1. The summed E-state index contributed by atoms with van der Waals surface area (Å²) in [4.78, 5) is 27.7. The molecule has 2 aromatic rings. The number of ether oxygens (including phenoxy) is 1. The van der Waals surface area contributed by atoms with Crippen LogP contribution in [0.25, 0.3) is 0 Å². The summed E-state index contributed by atoms with van der Waals surface area (Å²) in [7, 11) is 1.44. The van der Waals surface area contributed by atoms with E-state index in [0.29, 0.717) is 5.69 Å². The van der Waals surface area contributed by atoms with Gasteiger partial charge in [-0.3, -0.25) is 9.48 Å². The highest BCUT2D eigenvalue weighted by Crippen LogP contribution is 2.20. The lowest BCUT2D eigenvalue weighted by Crippen LogP contribution is -2.35. The molecule has 2 aromatic heterocycles. The van der Waals surface area contributed by atoms with Gasteiger partial charge in [0.05, 0.1) is 19.0 Å². The van der Waals surface area contributed by atoms with E-state index < -0.39 is 17.4 Å². The Morgan fingerprint density at radius 3 is 2.65 bits per heavy atom. The van der Waals surface area contributed by atoms with Gasteiger partial charge in [0.1, 0.15) is 5.56 Å². The van der Waals surface area contributed by atoms with Crippen molar-refractivity contribution in [1.82, 2.24) is 14.8 Å². The topological polar surface area (TPSA) is 106 Å². The molecule has 0 spiro atoms. The van der Waals surface area contributed by atoms with Gasteiger partial charge in [-0.15, -0.1) is 0 Å². The van der Waals surface area contributed by atoms with Gasteiger partial charge in [-0.2, -0.15) is 5.10 Å². The molecule has 0 fully saturated rings. The zero-order chi connectivity index (χ0) is 17.2. The first-order chi connectivity index (χ1) is 10.8. The molecule has 8 nitrogen and oxygen atoms in total. The number of carbonyl (C=O) groups is 2. The number of hydrogen-bond donors (Lipinski definition) is 2. The van der Waals surface area contributed by atoms with Crippen molar-refractivity contribution in [3.05, 3.63) is 35.8 Å². The molecule has 0 unspecified atom stereocenters. The van der Waals surface area contributed by atoms with Crippen molar-refractivity contribution in [2.24, 2.45) is 0 Å². The second kappa shape index (κ2) is 6.07. The fourth-order valence-corrected chi connectivity index (χ4v) is 1.85. The highest BCUT2D eigenvalue weighted by atomic mass is 16.5. The van der Waals surface area contributed by atoms with Crippen molar-refractivity contribution in [2.45, 2.75) is 26.3 Å². The molecule has 1 amide bonds. The molecule has 0 saturated heterocycles. The first-order valence-corrected chi connectivity index (χ1v) is 6.87. The van der Waals surface area contributed by atoms with E-state index in [1.165, 1.54) is 38.0 Å². The second-order valence-electron chi connectivity index (χ2n) is 5.50. The normalized spacial score (nSPS) is 11.1. The first-order valence-electron chi connectivity index (χ1n) is 6.87. The largest absolute Gasteiger partial charge is 0.480 e. The number of carboxylic acid groups (broad SMARTS) is 1. The highest BCUT2D eigenvalue weighted by Gasteiger charge is 2.30. The number of rotatable bonds is 5. The lowest BCUT2D eigenvalue weighted by molar-refractivity contribution is -0.146. The minimum absolute atomic E-state index is 0.223. The Morgan fingerprint density at radius 1 is 1.35 bits per heavy atom. The van der Waals surface area contributed by atoms with E-state index in [-0.39, 0.29) is 11.4 Å². The van der Waals surface area contributed by atoms with Crippen LogP contribution in [0.2, 0.25) is 0 Å². The minimum Gasteiger partial charge on any atom is -0.480 e. The molecule has 0 aliphatic rings. The van der Waals surface area contributed by atoms with Gasteiger partial charge in [0.2, 0.25) is 5.88 Å². The Labute approximate surface area is 133 Å². The quantitative estimate of drug-likeness (QED) is 0.868. The van der Waals surface area contributed by atoms with Gasteiger partial charge in [0, 0.05) is 11.9 Å². The van der Waals surface area contributed by atoms with E-state index in [9.17, 15) is 14.7 Å². The molecule has 0 radical (unpaired) electrons. The molecule has 2 heterocycles. The average molecular weight is 318 g/mol. The van der Waals surface area contributed by atoms with Crippen LogP contribution in [-0.4, -0.2) is 38.9 Å². The summed E-state index contributed by atoms with van der Waals surface area (Å²) in [6.45, 7) is 4.82. The van der Waals surface area contributed by atoms with Crippen LogP contribution in [-0.2, 0) is 10.3 Å². The monoisotopic (exact) mass is 318 g/mol. The molecule has 0 aliphatic heterocycles. The maximum atomic E-state index is 12.3. The number of aromatic nitrogens is 3. The predicted octanol–water partition coefficient (Wildman–Crippen LogP) is 1.67. The number of nitrogens with zero attached hydrogens (tertiary/aromatic N) is 3. The van der Waals surface area contributed by atoms with Crippen LogP contribution in [0.4, 0.5) is 5.69 Å². The van der Waals surface area contributed by atoms with Gasteiger partial charge in [-0.1, -0.05) is 0 Å². The summed E-state index contributed by atoms with van der Waals surface area (Å²) < 4.78 is 6.38. The fourth-order valence-electron chi connectivity index (χ4n) is 1.85. The van der Waals surface area contributed by atoms with E-state index in [1.54, 1.807) is 19.1 Å². The molecular formula is C15H18N4O4. The highest BCUT2D eigenvalue weighted by molar-refractivity contribution is 6.05. The second-order valence-corrected chi connectivity index (χ2v) is 5.50. The van der Waals surface area contributed by atoms with Crippen molar-refractivity contribution >= 4 is 17.6 Å². The molecule has 8 heteroatoms. The number of carbonyl (C=O) groups excluding carboxylic acids is 1. The summed E-state index contributed by atoms with van der Waals surface area (Å²) in [5.74, 6) is -1.22. The summed E-state index contributed by atoms with van der Waals surface area (Å²) in [6, 6.07) is 3.32. The van der Waals surface area contributed by atoms with Crippen molar-refractivity contribution in [3.63, 3.8) is 0 Å². The number of carboxylic acids is 1. The van der Waals surface area contributed by atoms with Crippen LogP contribution in [0.5, 0.6) is 5.88 Å². The van der Waals surface area contributed by atoms with Gasteiger partial charge in [-0.05, 0) is 32.9 Å². The number of hydrogen-bond acceptors (Lipinski definition) is 5. The number of nitrogens with one attached hydrogen (secondary N) is 1. The van der Waals surface area contributed by atoms with Gasteiger partial charge in [0.25, 0.3) is 5.91 Å². The van der Waals surface area contributed by atoms with E-state index in [2.05, 4.69) is 15.4 Å². The molecule has 0 saturated carbocycles. The zero-order valence-electron chi connectivity index (χ0n) is 13.3. The van der Waals surface area contributed by atoms with Crippen molar-refractivity contribution in [2.75, 3.05) is 12.4 Å². The molecule has 0 aromatic carbocycles. The van der Waals surface area contributed by atoms with Crippen molar-refractivity contribution in [1.29, 1.82) is 0 Å². The van der Waals surface area contributed by atoms with Crippen LogP contribution in [0.15, 0.2) is 24.5 Å². The number of anilines is 1. The van der Waals surface area contributed by atoms with Gasteiger partial charge in [-0.25, -0.2) is 9.78 Å². The number of amides is 1.